The molecule has 5 heteroatoms. The first-order chi connectivity index (χ1) is 6.86. The van der Waals surface area contributed by atoms with Crippen LogP contribution in [-0.4, -0.2) is 21.7 Å². The highest BCUT2D eigenvalue weighted by Crippen LogP contribution is 2.44. The molecule has 15 heavy (non-hydrogen) atoms. The van der Waals surface area contributed by atoms with Crippen molar-refractivity contribution < 1.29 is 14.7 Å². The maximum atomic E-state index is 11.2. The van der Waals surface area contributed by atoms with Gasteiger partial charge >= 0.3 is 5.97 Å². The van der Waals surface area contributed by atoms with Crippen LogP contribution >= 0.6 is 23.2 Å². The van der Waals surface area contributed by atoms with Crippen molar-refractivity contribution in [2.24, 2.45) is 11.3 Å². The minimum absolute atomic E-state index is 0.0762. The Bertz CT molecular complexity index is 312. The molecule has 0 bridgehead atoms. The van der Waals surface area contributed by atoms with Crippen molar-refractivity contribution in [1.82, 2.24) is 0 Å². The zero-order chi connectivity index (χ0) is 11.6. The number of allylic oxidation sites excluding steroid dienone is 2. The molecule has 2 atom stereocenters. The van der Waals surface area contributed by atoms with E-state index in [-0.39, 0.29) is 24.5 Å². The third-order valence-corrected chi connectivity index (χ3v) is 3.79. The number of halogens is 2. The molecule has 0 aromatic carbocycles. The van der Waals surface area contributed by atoms with Gasteiger partial charge in [-0.2, -0.15) is 0 Å². The molecule has 0 saturated heterocycles. The predicted octanol–water partition coefficient (Wildman–Crippen LogP) is 2.42. The van der Waals surface area contributed by atoms with E-state index >= 15 is 0 Å². The van der Waals surface area contributed by atoms with Crippen LogP contribution in [0.15, 0.2) is 12.2 Å². The summed E-state index contributed by atoms with van der Waals surface area (Å²) in [5, 5.41) is 8.74. The number of hydrogen-bond acceptors (Lipinski definition) is 2. The second-order valence-corrected chi connectivity index (χ2v) is 5.06. The standard InChI is InChI=1S/C10H12Cl2O3/c1-10(9(11)12)3-2-7(13)4-6(10)5-8(14)15/h2-3,6,9H,4-5H2,1H3,(H,14,15)/t6-,10+/m1/s1. The molecule has 84 valence electrons. The largest absolute Gasteiger partial charge is 0.481 e. The van der Waals surface area contributed by atoms with Crippen molar-refractivity contribution in [3.63, 3.8) is 0 Å². The smallest absolute Gasteiger partial charge is 0.303 e. The fraction of sp³-hybridized carbons (Fsp3) is 0.600. The summed E-state index contributed by atoms with van der Waals surface area (Å²) >= 11 is 11.7. The number of carboxylic acids is 1. The van der Waals surface area contributed by atoms with Crippen LogP contribution < -0.4 is 0 Å². The van der Waals surface area contributed by atoms with E-state index in [2.05, 4.69) is 0 Å². The second-order valence-electron chi connectivity index (χ2n) is 3.97. The lowest BCUT2D eigenvalue weighted by atomic mass is 9.71. The molecule has 0 unspecified atom stereocenters. The van der Waals surface area contributed by atoms with Gasteiger partial charge in [0.1, 0.15) is 4.84 Å². The fourth-order valence-electron chi connectivity index (χ4n) is 1.69. The van der Waals surface area contributed by atoms with Gasteiger partial charge < -0.3 is 5.11 Å². The first-order valence-corrected chi connectivity index (χ1v) is 5.45. The molecule has 0 radical (unpaired) electrons. The van der Waals surface area contributed by atoms with Crippen LogP contribution in [0.1, 0.15) is 19.8 Å². The molecule has 1 aliphatic rings. The molecule has 0 aromatic rings. The summed E-state index contributed by atoms with van der Waals surface area (Å²) in [4.78, 5) is 21.1. The summed E-state index contributed by atoms with van der Waals surface area (Å²) in [7, 11) is 0. The van der Waals surface area contributed by atoms with Crippen molar-refractivity contribution in [3.05, 3.63) is 12.2 Å². The zero-order valence-corrected chi connectivity index (χ0v) is 9.76. The van der Waals surface area contributed by atoms with E-state index in [1.165, 1.54) is 6.08 Å². The minimum Gasteiger partial charge on any atom is -0.481 e. The van der Waals surface area contributed by atoms with Gasteiger partial charge in [0.05, 0.1) is 0 Å². The molecule has 0 amide bonds. The molecule has 0 aliphatic heterocycles. The Morgan fingerprint density at radius 1 is 1.73 bits per heavy atom. The summed E-state index contributed by atoms with van der Waals surface area (Å²) in [5.74, 6) is -1.36. The van der Waals surface area contributed by atoms with Crippen molar-refractivity contribution in [2.75, 3.05) is 0 Å². The van der Waals surface area contributed by atoms with E-state index in [1.54, 1.807) is 13.0 Å². The maximum Gasteiger partial charge on any atom is 0.303 e. The quantitative estimate of drug-likeness (QED) is 0.783. The summed E-state index contributed by atoms with van der Waals surface area (Å²) in [5.41, 5.74) is -0.643. The molecule has 1 aliphatic carbocycles. The van der Waals surface area contributed by atoms with Gasteiger partial charge in [0.15, 0.2) is 5.78 Å². The second kappa shape index (κ2) is 4.54. The Labute approximate surface area is 98.1 Å². The molecule has 0 fully saturated rings. The van der Waals surface area contributed by atoms with E-state index in [0.717, 1.165) is 0 Å². The Hall–Kier alpha value is -0.540. The molecule has 3 nitrogen and oxygen atoms in total. The number of carboxylic acid groups (broad SMARTS) is 1. The number of alkyl halides is 2. The number of carbonyl (C=O) groups excluding carboxylic acids is 1. The first-order valence-electron chi connectivity index (χ1n) is 4.58. The Morgan fingerprint density at radius 2 is 2.33 bits per heavy atom. The van der Waals surface area contributed by atoms with Gasteiger partial charge in [0.25, 0.3) is 0 Å². The lowest BCUT2D eigenvalue weighted by molar-refractivity contribution is -0.139. The van der Waals surface area contributed by atoms with Crippen LogP contribution in [0.2, 0.25) is 0 Å². The van der Waals surface area contributed by atoms with Gasteiger partial charge in [-0.15, -0.1) is 23.2 Å². The summed E-state index contributed by atoms with van der Waals surface area (Å²) in [6.45, 7) is 1.77. The van der Waals surface area contributed by atoms with Crippen molar-refractivity contribution in [3.8, 4) is 0 Å². The van der Waals surface area contributed by atoms with Crippen LogP contribution in [0.25, 0.3) is 0 Å². The van der Waals surface area contributed by atoms with Gasteiger partial charge in [-0.1, -0.05) is 13.0 Å². The molecule has 1 rings (SSSR count). The summed E-state index contributed by atoms with van der Waals surface area (Å²) < 4.78 is 0. The van der Waals surface area contributed by atoms with Crippen LogP contribution in [-0.2, 0) is 9.59 Å². The predicted molar refractivity (Wildman–Crippen MR) is 58.1 cm³/mol. The van der Waals surface area contributed by atoms with E-state index < -0.39 is 16.2 Å². The van der Waals surface area contributed by atoms with Crippen molar-refractivity contribution in [2.45, 2.75) is 24.6 Å². The highest BCUT2D eigenvalue weighted by atomic mass is 35.5. The first kappa shape index (κ1) is 12.5. The van der Waals surface area contributed by atoms with Crippen LogP contribution in [0.4, 0.5) is 0 Å². The van der Waals surface area contributed by atoms with Gasteiger partial charge in [-0.3, -0.25) is 9.59 Å². The SMILES string of the molecule is C[C@]1(C(Cl)Cl)C=CC(=O)C[C@@H]1CC(=O)O. The summed E-state index contributed by atoms with van der Waals surface area (Å²) in [6.07, 6.45) is 3.14. The van der Waals surface area contributed by atoms with Crippen molar-refractivity contribution in [1.29, 1.82) is 0 Å². The van der Waals surface area contributed by atoms with Gasteiger partial charge in [0, 0.05) is 18.3 Å². The van der Waals surface area contributed by atoms with Gasteiger partial charge in [0.2, 0.25) is 0 Å². The number of carbonyl (C=O) groups is 2. The van der Waals surface area contributed by atoms with E-state index in [1.807, 2.05) is 0 Å². The molecular weight excluding hydrogens is 239 g/mol. The monoisotopic (exact) mass is 250 g/mol. The van der Waals surface area contributed by atoms with Crippen LogP contribution in [0.3, 0.4) is 0 Å². The Balaban J connectivity index is 2.95. The molecule has 1 N–H and O–H groups in total. The van der Waals surface area contributed by atoms with E-state index in [0.29, 0.717) is 0 Å². The highest BCUT2D eigenvalue weighted by molar-refractivity contribution is 6.45. The van der Waals surface area contributed by atoms with Crippen LogP contribution in [0, 0.1) is 11.3 Å². The fourth-order valence-corrected chi connectivity index (χ4v) is 2.20. The average molecular weight is 251 g/mol. The normalized spacial score (nSPS) is 30.9. The minimum atomic E-state index is -0.941. The number of aliphatic carboxylic acids is 1. The average Bonchev–Trinajstić information content (AvgIpc) is 2.10. The Kier molecular flexibility index (Phi) is 3.79. The summed E-state index contributed by atoms with van der Waals surface area (Å²) in [6, 6.07) is 0. The van der Waals surface area contributed by atoms with Crippen LogP contribution in [0.5, 0.6) is 0 Å². The topological polar surface area (TPSA) is 54.4 Å². The van der Waals surface area contributed by atoms with Crippen molar-refractivity contribution >= 4 is 35.0 Å². The lowest BCUT2D eigenvalue weighted by Gasteiger charge is -2.37. The number of ketones is 1. The van der Waals surface area contributed by atoms with Gasteiger partial charge in [-0.25, -0.2) is 0 Å². The molecule has 0 saturated carbocycles. The molecule has 0 heterocycles. The zero-order valence-electron chi connectivity index (χ0n) is 8.24. The van der Waals surface area contributed by atoms with E-state index in [4.69, 9.17) is 28.3 Å². The lowest BCUT2D eigenvalue weighted by Crippen LogP contribution is -2.37. The molecule has 0 spiro atoms. The molecule has 0 aromatic heterocycles. The van der Waals surface area contributed by atoms with Gasteiger partial charge in [-0.05, 0) is 12.0 Å². The molecular formula is C10H12Cl2O3. The third-order valence-electron chi connectivity index (χ3n) is 2.85. The Morgan fingerprint density at radius 3 is 2.80 bits per heavy atom. The maximum absolute atomic E-state index is 11.2. The van der Waals surface area contributed by atoms with E-state index in [9.17, 15) is 9.59 Å². The number of rotatable bonds is 3. The highest BCUT2D eigenvalue weighted by Gasteiger charge is 2.41. The third kappa shape index (κ3) is 2.73. The number of hydrogen-bond donors (Lipinski definition) is 1.